The summed E-state index contributed by atoms with van der Waals surface area (Å²) in [6.07, 6.45) is 2.03. The van der Waals surface area contributed by atoms with Crippen LogP contribution < -0.4 is 0 Å². The van der Waals surface area contributed by atoms with Gasteiger partial charge >= 0.3 is 0 Å². The van der Waals surface area contributed by atoms with E-state index in [4.69, 9.17) is 14.2 Å². The molecule has 3 heteroatoms. The molecular weight excluding hydrogens is 216 g/mol. The molecule has 0 spiro atoms. The van der Waals surface area contributed by atoms with E-state index in [0.717, 1.165) is 12.8 Å². The second-order valence-electron chi connectivity index (χ2n) is 5.54. The van der Waals surface area contributed by atoms with E-state index in [9.17, 15) is 0 Å². The van der Waals surface area contributed by atoms with Crippen LogP contribution in [0.15, 0.2) is 0 Å². The summed E-state index contributed by atoms with van der Waals surface area (Å²) in [5.74, 6) is 0. The third-order valence-electron chi connectivity index (χ3n) is 3.14. The quantitative estimate of drug-likeness (QED) is 0.553. The Balaban J connectivity index is 3.36. The standard InChI is InChI=1S/C14H30O3/c1-7-13(3,4)16-11-9-15-10-12-17-14(5,6)8-2/h7-12H2,1-6H3. The first-order valence-electron chi connectivity index (χ1n) is 6.68. The largest absolute Gasteiger partial charge is 0.377 e. The van der Waals surface area contributed by atoms with Gasteiger partial charge in [0.25, 0.3) is 0 Å². The molecule has 0 saturated heterocycles. The van der Waals surface area contributed by atoms with Crippen molar-refractivity contribution in [3.05, 3.63) is 0 Å². The highest BCUT2D eigenvalue weighted by Gasteiger charge is 2.15. The SMILES string of the molecule is CCC(C)(C)OCCOCCOC(C)(C)CC. The molecule has 0 saturated carbocycles. The molecule has 0 bridgehead atoms. The summed E-state index contributed by atoms with van der Waals surface area (Å²) in [6.45, 7) is 15.2. The molecule has 0 aliphatic rings. The monoisotopic (exact) mass is 246 g/mol. The summed E-state index contributed by atoms with van der Waals surface area (Å²) >= 11 is 0. The van der Waals surface area contributed by atoms with Crippen LogP contribution in [0.1, 0.15) is 54.4 Å². The predicted octanol–water partition coefficient (Wildman–Crippen LogP) is 3.41. The molecule has 0 heterocycles. The van der Waals surface area contributed by atoms with Gasteiger partial charge in [-0.25, -0.2) is 0 Å². The molecule has 0 N–H and O–H groups in total. The first-order valence-corrected chi connectivity index (χ1v) is 6.68. The number of hydrogen-bond donors (Lipinski definition) is 0. The highest BCUT2D eigenvalue weighted by Crippen LogP contribution is 2.13. The van der Waals surface area contributed by atoms with Crippen LogP contribution in [0.5, 0.6) is 0 Å². The van der Waals surface area contributed by atoms with Gasteiger partial charge in [-0.05, 0) is 40.5 Å². The molecule has 104 valence electrons. The third-order valence-corrected chi connectivity index (χ3v) is 3.14. The fourth-order valence-electron chi connectivity index (χ4n) is 1.06. The van der Waals surface area contributed by atoms with Gasteiger partial charge < -0.3 is 14.2 Å². The minimum absolute atomic E-state index is 0.0376. The van der Waals surface area contributed by atoms with E-state index in [0.29, 0.717) is 26.4 Å². The van der Waals surface area contributed by atoms with Crippen LogP contribution in [0, 0.1) is 0 Å². The average molecular weight is 246 g/mol. The van der Waals surface area contributed by atoms with E-state index in [-0.39, 0.29) is 11.2 Å². The van der Waals surface area contributed by atoms with Crippen molar-refractivity contribution in [2.75, 3.05) is 26.4 Å². The molecule has 0 aromatic carbocycles. The number of ether oxygens (including phenoxy) is 3. The second-order valence-corrected chi connectivity index (χ2v) is 5.54. The van der Waals surface area contributed by atoms with E-state index < -0.39 is 0 Å². The molecule has 0 radical (unpaired) electrons. The van der Waals surface area contributed by atoms with Crippen LogP contribution in [-0.2, 0) is 14.2 Å². The lowest BCUT2D eigenvalue weighted by Gasteiger charge is -2.24. The van der Waals surface area contributed by atoms with Crippen LogP contribution in [0.25, 0.3) is 0 Å². The van der Waals surface area contributed by atoms with Crippen LogP contribution in [-0.4, -0.2) is 37.6 Å². The summed E-state index contributed by atoms with van der Waals surface area (Å²) in [5, 5.41) is 0. The first kappa shape index (κ1) is 16.9. The molecule has 0 amide bonds. The zero-order valence-electron chi connectivity index (χ0n) is 12.5. The van der Waals surface area contributed by atoms with E-state index in [2.05, 4.69) is 41.5 Å². The van der Waals surface area contributed by atoms with E-state index in [1.54, 1.807) is 0 Å². The molecular formula is C14H30O3. The maximum absolute atomic E-state index is 5.68. The van der Waals surface area contributed by atoms with Crippen molar-refractivity contribution in [2.45, 2.75) is 65.6 Å². The predicted molar refractivity (Wildman–Crippen MR) is 71.5 cm³/mol. The minimum atomic E-state index is -0.0376. The molecule has 0 atom stereocenters. The average Bonchev–Trinajstić information content (AvgIpc) is 2.27. The fraction of sp³-hybridized carbons (Fsp3) is 1.00. The Hall–Kier alpha value is -0.120. The molecule has 0 rings (SSSR count). The van der Waals surface area contributed by atoms with Crippen molar-refractivity contribution in [3.8, 4) is 0 Å². The van der Waals surface area contributed by atoms with Gasteiger partial charge in [0, 0.05) is 0 Å². The fourth-order valence-corrected chi connectivity index (χ4v) is 1.06. The summed E-state index contributed by atoms with van der Waals surface area (Å²) in [7, 11) is 0. The number of rotatable bonds is 10. The molecule has 0 fully saturated rings. The van der Waals surface area contributed by atoms with Crippen molar-refractivity contribution in [1.82, 2.24) is 0 Å². The summed E-state index contributed by atoms with van der Waals surface area (Å²) in [4.78, 5) is 0. The van der Waals surface area contributed by atoms with Gasteiger partial charge in [-0.2, -0.15) is 0 Å². The topological polar surface area (TPSA) is 27.7 Å². The summed E-state index contributed by atoms with van der Waals surface area (Å²) in [6, 6.07) is 0. The van der Waals surface area contributed by atoms with E-state index in [1.165, 1.54) is 0 Å². The lowest BCUT2D eigenvalue weighted by molar-refractivity contribution is -0.0721. The first-order chi connectivity index (χ1) is 7.83. The molecule has 0 aromatic heterocycles. The number of hydrogen-bond acceptors (Lipinski definition) is 3. The molecule has 0 aromatic rings. The van der Waals surface area contributed by atoms with Gasteiger partial charge in [0.2, 0.25) is 0 Å². The van der Waals surface area contributed by atoms with Gasteiger partial charge in [-0.15, -0.1) is 0 Å². The lowest BCUT2D eigenvalue weighted by atomic mass is 10.1. The summed E-state index contributed by atoms with van der Waals surface area (Å²) < 4.78 is 16.8. The van der Waals surface area contributed by atoms with Crippen LogP contribution >= 0.6 is 0 Å². The van der Waals surface area contributed by atoms with E-state index >= 15 is 0 Å². The normalized spacial score (nSPS) is 13.1. The Morgan fingerprint density at radius 1 is 0.647 bits per heavy atom. The van der Waals surface area contributed by atoms with Gasteiger partial charge in [0.05, 0.1) is 37.6 Å². The molecule has 0 aliphatic heterocycles. The third kappa shape index (κ3) is 9.57. The van der Waals surface area contributed by atoms with Crippen LogP contribution in [0.4, 0.5) is 0 Å². The van der Waals surface area contributed by atoms with Gasteiger partial charge in [-0.1, -0.05) is 13.8 Å². The van der Waals surface area contributed by atoms with Gasteiger partial charge in [-0.3, -0.25) is 0 Å². The van der Waals surface area contributed by atoms with Crippen molar-refractivity contribution in [2.24, 2.45) is 0 Å². The second kappa shape index (κ2) is 8.06. The van der Waals surface area contributed by atoms with Crippen molar-refractivity contribution >= 4 is 0 Å². The van der Waals surface area contributed by atoms with Crippen LogP contribution in [0.3, 0.4) is 0 Å². The van der Waals surface area contributed by atoms with Crippen molar-refractivity contribution in [3.63, 3.8) is 0 Å². The smallest absolute Gasteiger partial charge is 0.0707 e. The Morgan fingerprint density at radius 3 is 1.29 bits per heavy atom. The maximum atomic E-state index is 5.68. The van der Waals surface area contributed by atoms with Gasteiger partial charge in [0.15, 0.2) is 0 Å². The van der Waals surface area contributed by atoms with Gasteiger partial charge in [0.1, 0.15) is 0 Å². The molecule has 0 unspecified atom stereocenters. The zero-order valence-corrected chi connectivity index (χ0v) is 12.5. The van der Waals surface area contributed by atoms with Crippen molar-refractivity contribution < 1.29 is 14.2 Å². The molecule has 0 aliphatic carbocycles. The maximum Gasteiger partial charge on any atom is 0.0707 e. The Morgan fingerprint density at radius 2 is 1.00 bits per heavy atom. The van der Waals surface area contributed by atoms with Crippen molar-refractivity contribution in [1.29, 1.82) is 0 Å². The Labute approximate surface area is 107 Å². The van der Waals surface area contributed by atoms with Crippen LogP contribution in [0.2, 0.25) is 0 Å². The Kier molecular flexibility index (Phi) is 8.01. The molecule has 17 heavy (non-hydrogen) atoms. The highest BCUT2D eigenvalue weighted by atomic mass is 16.6. The summed E-state index contributed by atoms with van der Waals surface area (Å²) in [5.41, 5.74) is -0.0753. The van der Waals surface area contributed by atoms with E-state index in [1.807, 2.05) is 0 Å². The zero-order chi connectivity index (χ0) is 13.4. The lowest BCUT2D eigenvalue weighted by Crippen LogP contribution is -2.27. The highest BCUT2D eigenvalue weighted by molar-refractivity contribution is 4.65. The minimum Gasteiger partial charge on any atom is -0.377 e. The Bertz CT molecular complexity index is 168. The molecule has 3 nitrogen and oxygen atoms in total.